The van der Waals surface area contributed by atoms with Gasteiger partial charge in [0.25, 0.3) is 0 Å². The zero-order chi connectivity index (χ0) is 12.2. The summed E-state index contributed by atoms with van der Waals surface area (Å²) in [5, 5.41) is 1.09. The van der Waals surface area contributed by atoms with Crippen LogP contribution in [-0.4, -0.2) is 30.1 Å². The van der Waals surface area contributed by atoms with Gasteiger partial charge in [-0.3, -0.25) is 0 Å². The van der Waals surface area contributed by atoms with Gasteiger partial charge in [0, 0.05) is 31.8 Å². The Labute approximate surface area is 104 Å². The molecule has 3 nitrogen and oxygen atoms in total. The summed E-state index contributed by atoms with van der Waals surface area (Å²) in [6, 6.07) is 7.93. The minimum atomic E-state index is -2.75. The van der Waals surface area contributed by atoms with Gasteiger partial charge in [0.1, 0.15) is 0 Å². The summed E-state index contributed by atoms with van der Waals surface area (Å²) < 4.78 is 16.4. The zero-order valence-corrected chi connectivity index (χ0v) is 12.0. The van der Waals surface area contributed by atoms with Crippen LogP contribution in [0.4, 0.5) is 0 Å². The van der Waals surface area contributed by atoms with Crippen LogP contribution in [0, 0.1) is 0 Å². The van der Waals surface area contributed by atoms with Crippen molar-refractivity contribution >= 4 is 26.6 Å². The van der Waals surface area contributed by atoms with Crippen molar-refractivity contribution in [1.29, 1.82) is 0 Å². The van der Waals surface area contributed by atoms with E-state index in [1.807, 2.05) is 31.2 Å². The van der Waals surface area contributed by atoms with Crippen LogP contribution in [0.3, 0.4) is 0 Å². The number of rotatable bonds is 5. The molecule has 0 bridgehead atoms. The van der Waals surface area contributed by atoms with E-state index in [-0.39, 0.29) is 5.25 Å². The molecule has 16 heavy (non-hydrogen) atoms. The average molecular weight is 258 g/mol. The SMILES string of the molecule is CO[Si](OC)(OC)c1ccccc1C(C)S. The molecule has 1 atom stereocenters. The Morgan fingerprint density at radius 3 is 2.00 bits per heavy atom. The minimum absolute atomic E-state index is 0.114. The molecule has 0 aliphatic carbocycles. The molecule has 0 fully saturated rings. The first kappa shape index (κ1) is 13.7. The molecule has 0 amide bonds. The molecule has 0 aliphatic heterocycles. The first-order chi connectivity index (χ1) is 7.61. The summed E-state index contributed by atoms with van der Waals surface area (Å²) in [5.41, 5.74) is 1.09. The van der Waals surface area contributed by atoms with E-state index >= 15 is 0 Å². The van der Waals surface area contributed by atoms with Crippen molar-refractivity contribution in [2.45, 2.75) is 12.2 Å². The standard InChI is InChI=1S/C11H18O3SSi/c1-9(15)10-7-5-6-8-11(10)16(12-2,13-3)14-4/h5-9,15H,1-4H3. The van der Waals surface area contributed by atoms with E-state index in [4.69, 9.17) is 13.3 Å². The quantitative estimate of drug-likeness (QED) is 0.644. The summed E-state index contributed by atoms with van der Waals surface area (Å²) in [4.78, 5) is 0. The second-order valence-corrected chi connectivity index (χ2v) is 7.08. The van der Waals surface area contributed by atoms with Crippen LogP contribution >= 0.6 is 12.6 Å². The van der Waals surface area contributed by atoms with Crippen molar-refractivity contribution in [2.75, 3.05) is 21.3 Å². The van der Waals surface area contributed by atoms with Gasteiger partial charge in [0.15, 0.2) is 0 Å². The van der Waals surface area contributed by atoms with Crippen LogP contribution in [0.2, 0.25) is 0 Å². The fraction of sp³-hybridized carbons (Fsp3) is 0.455. The molecule has 0 spiro atoms. The minimum Gasteiger partial charge on any atom is -0.373 e. The van der Waals surface area contributed by atoms with Gasteiger partial charge in [-0.1, -0.05) is 24.3 Å². The molecule has 5 heteroatoms. The Morgan fingerprint density at radius 1 is 1.06 bits per heavy atom. The predicted molar refractivity (Wildman–Crippen MR) is 70.3 cm³/mol. The second kappa shape index (κ2) is 5.84. The van der Waals surface area contributed by atoms with Crippen LogP contribution in [-0.2, 0) is 13.3 Å². The maximum atomic E-state index is 5.47. The molecule has 0 aliphatic rings. The maximum absolute atomic E-state index is 5.47. The van der Waals surface area contributed by atoms with E-state index in [0.29, 0.717) is 0 Å². The van der Waals surface area contributed by atoms with Crippen molar-refractivity contribution in [3.8, 4) is 0 Å². The zero-order valence-electron chi connectivity index (χ0n) is 10.1. The molecule has 0 saturated carbocycles. The largest absolute Gasteiger partial charge is 0.536 e. The Hall–Kier alpha value is -0.333. The summed E-state index contributed by atoms with van der Waals surface area (Å²) >= 11 is 4.46. The summed E-state index contributed by atoms with van der Waals surface area (Å²) in [6.07, 6.45) is 0. The first-order valence-electron chi connectivity index (χ1n) is 5.04. The molecule has 1 aromatic carbocycles. The Kier molecular flexibility index (Phi) is 5.01. The van der Waals surface area contributed by atoms with Gasteiger partial charge in [0.05, 0.1) is 0 Å². The van der Waals surface area contributed by atoms with Crippen molar-refractivity contribution in [3.05, 3.63) is 29.8 Å². The van der Waals surface area contributed by atoms with Gasteiger partial charge in [0.2, 0.25) is 0 Å². The van der Waals surface area contributed by atoms with Gasteiger partial charge in [-0.15, -0.1) is 0 Å². The lowest BCUT2D eigenvalue weighted by Crippen LogP contribution is -2.56. The first-order valence-corrected chi connectivity index (χ1v) is 7.28. The number of benzene rings is 1. The Bertz CT molecular complexity index is 331. The third-order valence-electron chi connectivity index (χ3n) is 2.55. The molecule has 1 unspecified atom stereocenters. The van der Waals surface area contributed by atoms with Crippen LogP contribution in [0.5, 0.6) is 0 Å². The van der Waals surface area contributed by atoms with E-state index in [2.05, 4.69) is 12.6 Å². The molecular weight excluding hydrogens is 240 g/mol. The van der Waals surface area contributed by atoms with Crippen LogP contribution < -0.4 is 5.19 Å². The smallest absolute Gasteiger partial charge is 0.373 e. The number of hydrogen-bond acceptors (Lipinski definition) is 4. The Balaban J connectivity index is 3.29. The van der Waals surface area contributed by atoms with E-state index in [1.54, 1.807) is 21.3 Å². The van der Waals surface area contributed by atoms with Crippen molar-refractivity contribution < 1.29 is 13.3 Å². The number of thiol groups is 1. The van der Waals surface area contributed by atoms with Crippen molar-refractivity contribution in [1.82, 2.24) is 0 Å². The number of hydrogen-bond donors (Lipinski definition) is 1. The Morgan fingerprint density at radius 2 is 1.56 bits per heavy atom. The lowest BCUT2D eigenvalue weighted by Gasteiger charge is -2.27. The average Bonchev–Trinajstić information content (AvgIpc) is 2.32. The van der Waals surface area contributed by atoms with E-state index in [0.717, 1.165) is 10.8 Å². The van der Waals surface area contributed by atoms with Gasteiger partial charge < -0.3 is 13.3 Å². The lowest BCUT2D eigenvalue weighted by molar-refractivity contribution is 0.140. The molecule has 0 heterocycles. The van der Waals surface area contributed by atoms with Gasteiger partial charge in [-0.2, -0.15) is 12.6 Å². The van der Waals surface area contributed by atoms with E-state index in [9.17, 15) is 0 Å². The molecule has 0 radical (unpaired) electrons. The fourth-order valence-electron chi connectivity index (χ4n) is 1.72. The summed E-state index contributed by atoms with van der Waals surface area (Å²) in [6.45, 7) is 2.02. The van der Waals surface area contributed by atoms with Crippen molar-refractivity contribution in [3.63, 3.8) is 0 Å². The van der Waals surface area contributed by atoms with Crippen LogP contribution in [0.25, 0.3) is 0 Å². The molecule has 90 valence electrons. The van der Waals surface area contributed by atoms with E-state index in [1.165, 1.54) is 0 Å². The molecule has 1 aromatic rings. The fourth-order valence-corrected chi connectivity index (χ4v) is 4.18. The normalized spacial score (nSPS) is 13.8. The van der Waals surface area contributed by atoms with Gasteiger partial charge in [-0.25, -0.2) is 0 Å². The van der Waals surface area contributed by atoms with E-state index < -0.39 is 8.80 Å². The molecule has 0 aromatic heterocycles. The van der Waals surface area contributed by atoms with Crippen molar-refractivity contribution in [2.24, 2.45) is 0 Å². The topological polar surface area (TPSA) is 27.7 Å². The van der Waals surface area contributed by atoms with Crippen LogP contribution in [0.15, 0.2) is 24.3 Å². The highest BCUT2D eigenvalue weighted by Crippen LogP contribution is 2.20. The van der Waals surface area contributed by atoms with Gasteiger partial charge in [-0.05, 0) is 12.5 Å². The monoisotopic (exact) mass is 258 g/mol. The lowest BCUT2D eigenvalue weighted by atomic mass is 10.2. The molecular formula is C11H18O3SSi. The second-order valence-electron chi connectivity index (χ2n) is 3.43. The third kappa shape index (κ3) is 2.49. The highest BCUT2D eigenvalue weighted by atomic mass is 32.1. The summed E-state index contributed by atoms with van der Waals surface area (Å²) in [5.74, 6) is 0. The maximum Gasteiger partial charge on any atom is 0.536 e. The predicted octanol–water partition coefficient (Wildman–Crippen LogP) is 1.76. The highest BCUT2D eigenvalue weighted by Gasteiger charge is 2.42. The molecule has 0 N–H and O–H groups in total. The molecule has 0 saturated heterocycles. The summed E-state index contributed by atoms with van der Waals surface area (Å²) in [7, 11) is 2.08. The van der Waals surface area contributed by atoms with Gasteiger partial charge >= 0.3 is 8.80 Å². The third-order valence-corrected chi connectivity index (χ3v) is 5.55. The van der Waals surface area contributed by atoms with Crippen LogP contribution in [0.1, 0.15) is 17.7 Å². The highest BCUT2D eigenvalue weighted by molar-refractivity contribution is 7.80. The molecule has 1 rings (SSSR count).